The quantitative estimate of drug-likeness (QED) is 0.804. The number of hydrogen-bond acceptors (Lipinski definition) is 6. The smallest absolute Gasteiger partial charge is 0.280 e. The van der Waals surface area contributed by atoms with Gasteiger partial charge in [0.05, 0.1) is 0 Å². The van der Waals surface area contributed by atoms with Crippen molar-refractivity contribution in [1.82, 2.24) is 14.3 Å². The predicted octanol–water partition coefficient (Wildman–Crippen LogP) is 3.06. The van der Waals surface area contributed by atoms with Gasteiger partial charge in [0.2, 0.25) is 5.13 Å². The summed E-state index contributed by atoms with van der Waals surface area (Å²) in [5, 5.41) is 3.11. The first-order valence-corrected chi connectivity index (χ1v) is 7.03. The molecule has 106 valence electrons. The van der Waals surface area contributed by atoms with Crippen LogP contribution < -0.4 is 5.32 Å². The first-order valence-electron chi connectivity index (χ1n) is 6.25. The molecule has 0 saturated carbocycles. The van der Waals surface area contributed by atoms with Crippen LogP contribution in [-0.2, 0) is 0 Å². The summed E-state index contributed by atoms with van der Waals surface area (Å²) in [6.45, 7) is 3.76. The summed E-state index contributed by atoms with van der Waals surface area (Å²) in [6, 6.07) is 7.69. The normalized spacial score (nSPS) is 10.6. The molecule has 21 heavy (non-hydrogen) atoms. The zero-order chi connectivity index (χ0) is 14.8. The predicted molar refractivity (Wildman–Crippen MR) is 79.3 cm³/mol. The number of aromatic nitrogens is 3. The highest BCUT2D eigenvalue weighted by atomic mass is 32.1. The van der Waals surface area contributed by atoms with E-state index in [2.05, 4.69) is 19.7 Å². The molecule has 0 aliphatic heterocycles. The topological polar surface area (TPSA) is 80.9 Å². The van der Waals surface area contributed by atoms with Gasteiger partial charge in [0.25, 0.3) is 5.91 Å². The van der Waals surface area contributed by atoms with E-state index in [4.69, 9.17) is 4.42 Å². The van der Waals surface area contributed by atoms with Gasteiger partial charge in [-0.3, -0.25) is 10.1 Å². The van der Waals surface area contributed by atoms with E-state index in [-0.39, 0.29) is 11.6 Å². The van der Waals surface area contributed by atoms with Crippen molar-refractivity contribution in [3.63, 3.8) is 0 Å². The Morgan fingerprint density at radius 1 is 1.24 bits per heavy atom. The average molecular weight is 300 g/mol. The maximum atomic E-state index is 12.3. The number of anilines is 1. The van der Waals surface area contributed by atoms with Gasteiger partial charge >= 0.3 is 0 Å². The zero-order valence-electron chi connectivity index (χ0n) is 11.5. The highest BCUT2D eigenvalue weighted by molar-refractivity contribution is 7.09. The molecule has 3 rings (SSSR count). The van der Waals surface area contributed by atoms with E-state index in [0.717, 1.165) is 22.7 Å². The third-order valence-corrected chi connectivity index (χ3v) is 3.57. The lowest BCUT2D eigenvalue weighted by Crippen LogP contribution is -2.13. The minimum Gasteiger partial charge on any atom is -0.443 e. The number of hydrogen-bond donors (Lipinski definition) is 1. The van der Waals surface area contributed by atoms with Gasteiger partial charge in [-0.25, -0.2) is 9.97 Å². The van der Waals surface area contributed by atoms with E-state index in [1.165, 1.54) is 6.39 Å². The van der Waals surface area contributed by atoms with Crippen LogP contribution in [0.3, 0.4) is 0 Å². The van der Waals surface area contributed by atoms with Gasteiger partial charge < -0.3 is 4.42 Å². The van der Waals surface area contributed by atoms with E-state index in [1.807, 2.05) is 31.2 Å². The van der Waals surface area contributed by atoms with Gasteiger partial charge in [0.15, 0.2) is 17.8 Å². The second-order valence-electron chi connectivity index (χ2n) is 4.50. The molecule has 2 heterocycles. The molecule has 0 unspecified atom stereocenters. The summed E-state index contributed by atoms with van der Waals surface area (Å²) in [6.07, 6.45) is 1.26. The Morgan fingerprint density at radius 3 is 2.67 bits per heavy atom. The molecule has 6 nitrogen and oxygen atoms in total. The van der Waals surface area contributed by atoms with Gasteiger partial charge in [0.1, 0.15) is 5.82 Å². The fourth-order valence-corrected chi connectivity index (χ4v) is 2.39. The van der Waals surface area contributed by atoms with Crippen LogP contribution in [-0.4, -0.2) is 20.2 Å². The molecule has 1 N–H and O–H groups in total. The number of oxazole rings is 1. The first-order chi connectivity index (χ1) is 10.1. The summed E-state index contributed by atoms with van der Waals surface area (Å²) in [5.41, 5.74) is 2.16. The molecule has 3 aromatic rings. The fraction of sp³-hybridized carbons (Fsp3) is 0.143. The lowest BCUT2D eigenvalue weighted by atomic mass is 10.1. The number of carbonyl (C=O) groups excluding carboxylic acids is 1. The fourth-order valence-electron chi connectivity index (χ4n) is 1.82. The molecule has 0 atom stereocenters. The summed E-state index contributed by atoms with van der Waals surface area (Å²) < 4.78 is 9.36. The average Bonchev–Trinajstić information content (AvgIpc) is 3.09. The Kier molecular flexibility index (Phi) is 3.49. The van der Waals surface area contributed by atoms with E-state index in [0.29, 0.717) is 16.7 Å². The number of amides is 1. The van der Waals surface area contributed by atoms with Gasteiger partial charge in [-0.1, -0.05) is 29.8 Å². The van der Waals surface area contributed by atoms with Gasteiger partial charge in [-0.05, 0) is 13.8 Å². The maximum absolute atomic E-state index is 12.3. The molecule has 2 aromatic heterocycles. The number of benzene rings is 1. The summed E-state index contributed by atoms with van der Waals surface area (Å²) in [5.74, 6) is 0.693. The van der Waals surface area contributed by atoms with Crippen molar-refractivity contribution >= 4 is 22.6 Å². The monoisotopic (exact) mass is 300 g/mol. The Hall–Kier alpha value is -2.54. The number of nitrogens with zero attached hydrogens (tertiary/aromatic N) is 3. The molecule has 0 fully saturated rings. The van der Waals surface area contributed by atoms with Crippen molar-refractivity contribution in [2.75, 3.05) is 5.32 Å². The molecule has 1 amide bonds. The summed E-state index contributed by atoms with van der Waals surface area (Å²) in [7, 11) is 0. The lowest BCUT2D eigenvalue weighted by molar-refractivity contribution is 0.102. The Bertz CT molecular complexity index is 776. The van der Waals surface area contributed by atoms with E-state index < -0.39 is 0 Å². The highest BCUT2D eigenvalue weighted by Crippen LogP contribution is 2.24. The van der Waals surface area contributed by atoms with Gasteiger partial charge in [0, 0.05) is 17.1 Å². The minimum absolute atomic E-state index is 0.228. The maximum Gasteiger partial charge on any atom is 0.280 e. The molecule has 0 spiro atoms. The lowest BCUT2D eigenvalue weighted by Gasteiger charge is -2.02. The van der Waals surface area contributed by atoms with Crippen molar-refractivity contribution in [3.8, 4) is 11.3 Å². The van der Waals surface area contributed by atoms with Crippen LogP contribution in [0.2, 0.25) is 0 Å². The number of aryl methyl sites for hydroxylation is 2. The van der Waals surface area contributed by atoms with Crippen LogP contribution >= 0.6 is 11.5 Å². The number of carbonyl (C=O) groups is 1. The molecule has 7 heteroatoms. The van der Waals surface area contributed by atoms with E-state index in [1.54, 1.807) is 6.92 Å². The molecule has 0 radical (unpaired) electrons. The van der Waals surface area contributed by atoms with E-state index in [9.17, 15) is 4.79 Å². The highest BCUT2D eigenvalue weighted by Gasteiger charge is 2.19. The van der Waals surface area contributed by atoms with Crippen LogP contribution in [0.5, 0.6) is 0 Å². The van der Waals surface area contributed by atoms with Crippen molar-refractivity contribution in [1.29, 1.82) is 0 Å². The number of nitrogens with one attached hydrogen (secondary N) is 1. The SMILES string of the molecule is Cc1ccc(-c2ocnc2C(=O)Nc2nc(C)ns2)cc1. The molecular weight excluding hydrogens is 288 g/mol. The van der Waals surface area contributed by atoms with Gasteiger partial charge in [-0.15, -0.1) is 0 Å². The van der Waals surface area contributed by atoms with Crippen LogP contribution in [0.1, 0.15) is 21.9 Å². The Labute approximate surface area is 125 Å². The second kappa shape index (κ2) is 5.45. The standard InChI is InChI=1S/C14H12N4O2S/c1-8-3-5-10(6-4-8)12-11(15-7-20-12)13(19)17-14-16-9(2)18-21-14/h3-7H,1-2H3,(H,16,17,18,19). The van der Waals surface area contributed by atoms with E-state index >= 15 is 0 Å². The third kappa shape index (κ3) is 2.82. The summed E-state index contributed by atoms with van der Waals surface area (Å²) in [4.78, 5) is 20.3. The third-order valence-electron chi connectivity index (χ3n) is 2.84. The van der Waals surface area contributed by atoms with Crippen LogP contribution in [0, 0.1) is 13.8 Å². The second-order valence-corrected chi connectivity index (χ2v) is 5.25. The van der Waals surface area contributed by atoms with Gasteiger partial charge in [-0.2, -0.15) is 4.37 Å². The molecular formula is C14H12N4O2S. The molecule has 0 aliphatic rings. The molecule has 1 aromatic carbocycles. The van der Waals surface area contributed by atoms with Crippen LogP contribution in [0.15, 0.2) is 35.1 Å². The molecule has 0 bridgehead atoms. The minimum atomic E-state index is -0.365. The van der Waals surface area contributed by atoms with Crippen molar-refractivity contribution in [2.45, 2.75) is 13.8 Å². The van der Waals surface area contributed by atoms with Crippen LogP contribution in [0.25, 0.3) is 11.3 Å². The van der Waals surface area contributed by atoms with Crippen molar-refractivity contribution < 1.29 is 9.21 Å². The van der Waals surface area contributed by atoms with Crippen molar-refractivity contribution in [2.24, 2.45) is 0 Å². The first kappa shape index (κ1) is 13.4. The Morgan fingerprint density at radius 2 is 2.00 bits per heavy atom. The largest absolute Gasteiger partial charge is 0.443 e. The molecule has 0 saturated heterocycles. The summed E-state index contributed by atoms with van der Waals surface area (Å²) >= 11 is 1.13. The molecule has 0 aliphatic carbocycles. The Balaban J connectivity index is 1.88. The van der Waals surface area contributed by atoms with Crippen LogP contribution in [0.4, 0.5) is 5.13 Å². The van der Waals surface area contributed by atoms with Crippen molar-refractivity contribution in [3.05, 3.63) is 47.7 Å². The zero-order valence-corrected chi connectivity index (χ0v) is 12.3. The number of rotatable bonds is 3.